The monoisotopic (exact) mass is 457 g/mol. The van der Waals surface area contributed by atoms with E-state index in [9.17, 15) is 0 Å². The number of ether oxygens (including phenoxy) is 1. The Morgan fingerprint density at radius 2 is 2.26 bits per heavy atom. The zero-order valence-corrected chi connectivity index (χ0v) is 18.3. The number of methoxy groups -OCH3 is 1. The van der Waals surface area contributed by atoms with Gasteiger partial charge < -0.3 is 14.5 Å². The van der Waals surface area contributed by atoms with Crippen molar-refractivity contribution in [3.05, 3.63) is 47.9 Å². The van der Waals surface area contributed by atoms with Gasteiger partial charge in [-0.3, -0.25) is 4.40 Å². The summed E-state index contributed by atoms with van der Waals surface area (Å²) in [5.74, 6) is 1.62. The lowest BCUT2D eigenvalue weighted by Crippen LogP contribution is -2.22. The van der Waals surface area contributed by atoms with Crippen molar-refractivity contribution < 1.29 is 9.15 Å². The second-order valence-corrected chi connectivity index (χ2v) is 8.22. The second kappa shape index (κ2) is 8.75. The molecule has 2 N–H and O–H groups in total. The Morgan fingerprint density at radius 3 is 3.10 bits per heavy atom. The molecule has 0 spiro atoms. The first-order valence-corrected chi connectivity index (χ1v) is 10.9. The highest BCUT2D eigenvalue weighted by Gasteiger charge is 2.20. The predicted octanol–water partition coefficient (Wildman–Crippen LogP) is 3.59. The number of aromatic nitrogens is 4. The summed E-state index contributed by atoms with van der Waals surface area (Å²) in [6.45, 7) is 3.65. The number of imidazole rings is 1. The predicted molar refractivity (Wildman–Crippen MR) is 121 cm³/mol. The van der Waals surface area contributed by atoms with Gasteiger partial charge in [0.05, 0.1) is 17.8 Å². The summed E-state index contributed by atoms with van der Waals surface area (Å²) in [6.07, 6.45) is 5.16. The lowest BCUT2D eigenvalue weighted by Gasteiger charge is -2.12. The molecule has 0 unspecified atom stereocenters. The third-order valence-corrected chi connectivity index (χ3v) is 6.15. The number of oxazole rings is 1. The molecule has 1 fully saturated rings. The van der Waals surface area contributed by atoms with Crippen LogP contribution in [0.2, 0.25) is 5.02 Å². The molecule has 31 heavy (non-hydrogen) atoms. The van der Waals surface area contributed by atoms with Crippen molar-refractivity contribution in [1.82, 2.24) is 28.4 Å². The summed E-state index contributed by atoms with van der Waals surface area (Å²) < 4.78 is 18.3. The molecule has 1 saturated heterocycles. The van der Waals surface area contributed by atoms with Crippen LogP contribution in [0.5, 0.6) is 5.75 Å². The number of fused-ring (bicyclic) bond motifs is 1. The summed E-state index contributed by atoms with van der Waals surface area (Å²) in [5, 5.41) is 3.84. The summed E-state index contributed by atoms with van der Waals surface area (Å²) in [4.78, 5) is 13.8. The van der Waals surface area contributed by atoms with Crippen molar-refractivity contribution in [2.45, 2.75) is 0 Å². The Balaban J connectivity index is 1.48. The van der Waals surface area contributed by atoms with Crippen LogP contribution in [0.3, 0.4) is 0 Å². The van der Waals surface area contributed by atoms with E-state index in [1.165, 1.54) is 0 Å². The van der Waals surface area contributed by atoms with Gasteiger partial charge in [0.1, 0.15) is 23.4 Å². The fraction of sp³-hybridized carbons (Fsp3) is 0.250. The van der Waals surface area contributed by atoms with Crippen molar-refractivity contribution >= 4 is 35.5 Å². The molecule has 3 aromatic heterocycles. The first-order chi connectivity index (χ1) is 15.2. The van der Waals surface area contributed by atoms with E-state index in [0.717, 1.165) is 48.8 Å². The molecule has 1 aromatic carbocycles. The highest BCUT2D eigenvalue weighted by Crippen LogP contribution is 2.36. The summed E-state index contributed by atoms with van der Waals surface area (Å²) in [7, 11) is 1.59. The lowest BCUT2D eigenvalue weighted by atomic mass is 10.1. The number of nitrogens with zero attached hydrogens (tertiary/aromatic N) is 5. The largest absolute Gasteiger partial charge is 0.495 e. The van der Waals surface area contributed by atoms with Gasteiger partial charge in [0, 0.05) is 56.3 Å². The molecule has 11 heteroatoms. The van der Waals surface area contributed by atoms with Crippen LogP contribution in [0.1, 0.15) is 0 Å². The molecule has 4 aromatic rings. The standard InChI is InChI=1S/C20H20ClN7O2S/c1-29-16-12-13(2-3-14(16)21)17-18(28-10-11-30-20(28)26-17)15-4-5-22-19(25-15)23-6-8-27-9-7-24-31-27/h2-5,10-12,24H,6-9H2,1H3,(H,22,23,25). The molecule has 9 nitrogen and oxygen atoms in total. The molecule has 4 heterocycles. The Bertz CT molecular complexity index is 1210. The Kier molecular flexibility index (Phi) is 5.68. The van der Waals surface area contributed by atoms with E-state index in [2.05, 4.69) is 24.3 Å². The Morgan fingerprint density at radius 1 is 1.32 bits per heavy atom. The normalized spacial score (nSPS) is 14.4. The van der Waals surface area contributed by atoms with Crippen molar-refractivity contribution in [2.24, 2.45) is 0 Å². The quantitative estimate of drug-likeness (QED) is 0.404. The first-order valence-electron chi connectivity index (χ1n) is 9.74. The van der Waals surface area contributed by atoms with Gasteiger partial charge in [-0.15, -0.1) is 0 Å². The smallest absolute Gasteiger partial charge is 0.306 e. The summed E-state index contributed by atoms with van der Waals surface area (Å²) >= 11 is 7.85. The Hall–Kier alpha value is -2.79. The topological polar surface area (TPSA) is 92.8 Å². The Labute approximate surface area is 188 Å². The first kappa shape index (κ1) is 20.1. The van der Waals surface area contributed by atoms with Gasteiger partial charge >= 0.3 is 5.84 Å². The van der Waals surface area contributed by atoms with E-state index < -0.39 is 0 Å². The number of hydrogen-bond donors (Lipinski definition) is 2. The maximum absolute atomic E-state index is 6.21. The molecular weight excluding hydrogens is 438 g/mol. The van der Waals surface area contributed by atoms with E-state index in [-0.39, 0.29) is 0 Å². The maximum atomic E-state index is 6.21. The van der Waals surface area contributed by atoms with Gasteiger partial charge in [0.2, 0.25) is 5.95 Å². The van der Waals surface area contributed by atoms with E-state index in [1.54, 1.807) is 37.8 Å². The van der Waals surface area contributed by atoms with Crippen LogP contribution in [-0.2, 0) is 0 Å². The number of rotatable bonds is 7. The van der Waals surface area contributed by atoms with Crippen molar-refractivity contribution in [1.29, 1.82) is 0 Å². The minimum absolute atomic E-state index is 0.477. The highest BCUT2D eigenvalue weighted by atomic mass is 35.5. The van der Waals surface area contributed by atoms with Crippen molar-refractivity contribution in [2.75, 3.05) is 38.6 Å². The highest BCUT2D eigenvalue weighted by molar-refractivity contribution is 7.95. The van der Waals surface area contributed by atoms with Crippen molar-refractivity contribution in [3.63, 3.8) is 0 Å². The average molecular weight is 458 g/mol. The molecule has 0 radical (unpaired) electrons. The van der Waals surface area contributed by atoms with Crippen LogP contribution in [0, 0.1) is 0 Å². The number of hydrogen-bond acceptors (Lipinski definition) is 9. The number of benzene rings is 1. The van der Waals surface area contributed by atoms with Gasteiger partial charge in [-0.25, -0.2) is 19.0 Å². The molecule has 1 aliphatic rings. The van der Waals surface area contributed by atoms with Crippen LogP contribution in [0.15, 0.2) is 47.3 Å². The van der Waals surface area contributed by atoms with Crippen LogP contribution >= 0.6 is 23.7 Å². The number of halogens is 1. The molecule has 0 atom stereocenters. The van der Waals surface area contributed by atoms with Gasteiger partial charge in [-0.2, -0.15) is 4.98 Å². The van der Waals surface area contributed by atoms with Crippen LogP contribution < -0.4 is 14.8 Å². The zero-order chi connectivity index (χ0) is 21.2. The van der Waals surface area contributed by atoms with Crippen LogP contribution in [0.4, 0.5) is 5.95 Å². The van der Waals surface area contributed by atoms with Gasteiger partial charge in [-0.1, -0.05) is 17.7 Å². The average Bonchev–Trinajstić information content (AvgIpc) is 3.52. The third-order valence-electron chi connectivity index (χ3n) is 4.89. The van der Waals surface area contributed by atoms with E-state index >= 15 is 0 Å². The molecule has 0 amide bonds. The second-order valence-electron chi connectivity index (χ2n) is 6.82. The molecule has 5 rings (SSSR count). The van der Waals surface area contributed by atoms with Crippen molar-refractivity contribution in [3.8, 4) is 28.4 Å². The third kappa shape index (κ3) is 4.07. The number of anilines is 1. The van der Waals surface area contributed by atoms with Crippen LogP contribution in [-0.4, -0.2) is 56.9 Å². The molecule has 1 aliphatic heterocycles. The molecule has 0 aliphatic carbocycles. The minimum Gasteiger partial charge on any atom is -0.495 e. The molecule has 160 valence electrons. The van der Waals surface area contributed by atoms with Gasteiger partial charge in [-0.05, 0) is 18.2 Å². The lowest BCUT2D eigenvalue weighted by molar-refractivity contribution is 0.415. The van der Waals surface area contributed by atoms with E-state index in [4.69, 9.17) is 25.7 Å². The minimum atomic E-state index is 0.477. The van der Waals surface area contributed by atoms with E-state index in [0.29, 0.717) is 22.6 Å². The maximum Gasteiger partial charge on any atom is 0.306 e. The zero-order valence-electron chi connectivity index (χ0n) is 16.7. The summed E-state index contributed by atoms with van der Waals surface area (Å²) in [5.41, 5.74) is 3.10. The summed E-state index contributed by atoms with van der Waals surface area (Å²) in [6, 6.07) is 7.41. The fourth-order valence-corrected chi connectivity index (χ4v) is 4.34. The van der Waals surface area contributed by atoms with Gasteiger partial charge in [0.15, 0.2) is 0 Å². The SMILES string of the molecule is COc1cc(-c2nc3occn3c2-c2ccnc(NCCN3CCNS3)n2)ccc1Cl. The molecule has 0 bridgehead atoms. The molecule has 0 saturated carbocycles. The fourth-order valence-electron chi connectivity index (χ4n) is 3.42. The van der Waals surface area contributed by atoms with E-state index in [1.807, 2.05) is 28.8 Å². The molecular formula is C20H20ClN7O2S. The number of nitrogens with one attached hydrogen (secondary N) is 2. The van der Waals surface area contributed by atoms with Crippen LogP contribution in [0.25, 0.3) is 28.5 Å². The van der Waals surface area contributed by atoms with Gasteiger partial charge in [0.25, 0.3) is 0 Å².